The Balaban J connectivity index is 2.11. The van der Waals surface area contributed by atoms with E-state index in [-0.39, 0.29) is 11.7 Å². The molecule has 6 nitrogen and oxygen atoms in total. The van der Waals surface area contributed by atoms with Gasteiger partial charge in [-0.25, -0.2) is 9.97 Å². The number of aromatic nitrogens is 4. The maximum atomic E-state index is 12.0. The third kappa shape index (κ3) is 3.37. The van der Waals surface area contributed by atoms with Crippen LogP contribution in [0.2, 0.25) is 0 Å². The van der Waals surface area contributed by atoms with Crippen LogP contribution in [-0.4, -0.2) is 26.1 Å². The molecule has 0 fully saturated rings. The number of anilines is 1. The van der Waals surface area contributed by atoms with E-state index >= 15 is 0 Å². The Kier molecular flexibility index (Phi) is 4.26. The Bertz CT molecular complexity index is 596. The second-order valence-electron chi connectivity index (χ2n) is 4.08. The molecule has 0 aliphatic carbocycles. The molecule has 2 aromatic rings. The van der Waals surface area contributed by atoms with E-state index in [0.29, 0.717) is 5.69 Å². The predicted molar refractivity (Wildman–Crippen MR) is 75.0 cm³/mol. The molecule has 0 unspecified atom stereocenters. The minimum absolute atomic E-state index is 0.144. The smallest absolute Gasteiger partial charge is 0.295 e. The number of nitrogens with zero attached hydrogens (tertiary/aromatic N) is 3. The van der Waals surface area contributed by atoms with Crippen LogP contribution in [-0.2, 0) is 6.42 Å². The summed E-state index contributed by atoms with van der Waals surface area (Å²) < 4.78 is 0.728. The molecule has 0 saturated carbocycles. The zero-order valence-corrected chi connectivity index (χ0v) is 12.3. The number of carbonyl (C=O) groups is 1. The molecule has 1 amide bonds. The number of rotatable bonds is 4. The van der Waals surface area contributed by atoms with E-state index in [1.165, 1.54) is 0 Å². The minimum atomic E-state index is -0.342. The van der Waals surface area contributed by atoms with Crippen molar-refractivity contribution in [2.45, 2.75) is 26.7 Å². The summed E-state index contributed by atoms with van der Waals surface area (Å²) in [4.78, 5) is 20.3. The molecule has 0 bridgehead atoms. The van der Waals surface area contributed by atoms with E-state index in [1.807, 2.05) is 13.8 Å². The molecule has 0 atom stereocenters. The monoisotopic (exact) mass is 323 g/mol. The second-order valence-corrected chi connectivity index (χ2v) is 4.89. The molecular weight excluding hydrogens is 310 g/mol. The van der Waals surface area contributed by atoms with Crippen LogP contribution in [0.4, 0.5) is 5.69 Å². The number of pyridine rings is 1. The molecule has 2 rings (SSSR count). The summed E-state index contributed by atoms with van der Waals surface area (Å²) in [5.41, 5.74) is 1.38. The van der Waals surface area contributed by atoms with Crippen LogP contribution < -0.4 is 5.32 Å². The number of H-pyrrole nitrogens is 1. The van der Waals surface area contributed by atoms with Gasteiger partial charge in [-0.05, 0) is 41.4 Å². The lowest BCUT2D eigenvalue weighted by Gasteiger charge is -2.05. The number of halogens is 1. The molecule has 7 heteroatoms. The Morgan fingerprint density at radius 2 is 2.21 bits per heavy atom. The molecule has 2 heterocycles. The predicted octanol–water partition coefficient (Wildman–Crippen LogP) is 2.48. The average molecular weight is 324 g/mol. The summed E-state index contributed by atoms with van der Waals surface area (Å²) in [5, 5.41) is 9.39. The first-order valence-corrected chi connectivity index (χ1v) is 6.75. The topological polar surface area (TPSA) is 83.6 Å². The van der Waals surface area contributed by atoms with Gasteiger partial charge in [-0.2, -0.15) is 0 Å². The first-order valence-electron chi connectivity index (χ1n) is 5.96. The number of nitrogens with one attached hydrogen (secondary N) is 2. The number of aryl methyl sites for hydroxylation is 2. The number of hydrogen-bond acceptors (Lipinski definition) is 4. The summed E-state index contributed by atoms with van der Waals surface area (Å²) in [5.74, 6) is 0.523. The summed E-state index contributed by atoms with van der Waals surface area (Å²) >= 11 is 3.27. The number of aromatic amines is 1. The quantitative estimate of drug-likeness (QED) is 0.846. The summed E-state index contributed by atoms with van der Waals surface area (Å²) in [7, 11) is 0. The van der Waals surface area contributed by atoms with Crippen molar-refractivity contribution in [2.24, 2.45) is 0 Å². The maximum Gasteiger partial charge on any atom is 0.295 e. The summed E-state index contributed by atoms with van der Waals surface area (Å²) in [6.07, 6.45) is 1.73. The summed E-state index contributed by atoms with van der Waals surface area (Å²) in [6, 6.07) is 3.55. The van der Waals surface area contributed by atoms with Crippen LogP contribution >= 0.6 is 15.9 Å². The first-order chi connectivity index (χ1) is 9.10. The highest BCUT2D eigenvalue weighted by molar-refractivity contribution is 9.10. The molecule has 0 saturated heterocycles. The highest BCUT2D eigenvalue weighted by Gasteiger charge is 2.13. The van der Waals surface area contributed by atoms with Crippen molar-refractivity contribution < 1.29 is 4.79 Å². The van der Waals surface area contributed by atoms with Gasteiger partial charge in [0.25, 0.3) is 5.91 Å². The highest BCUT2D eigenvalue weighted by Crippen LogP contribution is 2.16. The van der Waals surface area contributed by atoms with E-state index in [1.54, 1.807) is 12.1 Å². The van der Waals surface area contributed by atoms with E-state index in [4.69, 9.17) is 0 Å². The van der Waals surface area contributed by atoms with E-state index in [0.717, 1.165) is 29.0 Å². The Morgan fingerprint density at radius 1 is 1.42 bits per heavy atom. The molecule has 100 valence electrons. The van der Waals surface area contributed by atoms with Crippen LogP contribution in [0.15, 0.2) is 16.7 Å². The number of hydrogen-bond donors (Lipinski definition) is 2. The highest BCUT2D eigenvalue weighted by atomic mass is 79.9. The molecular formula is C12H14BrN5O. The Hall–Kier alpha value is -1.76. The SMILES string of the molecule is CCCc1nc(C(=O)Nc2ccc(Br)nc2C)n[nH]1. The number of amides is 1. The van der Waals surface area contributed by atoms with Crippen LogP contribution in [0.25, 0.3) is 0 Å². The lowest BCUT2D eigenvalue weighted by atomic mass is 10.3. The molecule has 0 aliphatic heterocycles. The van der Waals surface area contributed by atoms with Crippen molar-refractivity contribution in [3.63, 3.8) is 0 Å². The van der Waals surface area contributed by atoms with E-state index in [2.05, 4.69) is 41.4 Å². The minimum Gasteiger partial charge on any atom is -0.318 e. The lowest BCUT2D eigenvalue weighted by Crippen LogP contribution is -2.15. The van der Waals surface area contributed by atoms with Crippen molar-refractivity contribution in [1.29, 1.82) is 0 Å². The zero-order valence-electron chi connectivity index (χ0n) is 10.7. The van der Waals surface area contributed by atoms with Gasteiger partial charge in [-0.15, -0.1) is 5.10 Å². The third-order valence-corrected chi connectivity index (χ3v) is 2.96. The fraction of sp³-hybridized carbons (Fsp3) is 0.333. The molecule has 19 heavy (non-hydrogen) atoms. The third-order valence-electron chi connectivity index (χ3n) is 2.52. The first kappa shape index (κ1) is 13.7. The zero-order chi connectivity index (χ0) is 13.8. The van der Waals surface area contributed by atoms with Gasteiger partial charge >= 0.3 is 0 Å². The fourth-order valence-electron chi connectivity index (χ4n) is 1.59. The van der Waals surface area contributed by atoms with E-state index < -0.39 is 0 Å². The lowest BCUT2D eigenvalue weighted by molar-refractivity contribution is 0.101. The largest absolute Gasteiger partial charge is 0.318 e. The van der Waals surface area contributed by atoms with Gasteiger partial charge < -0.3 is 5.32 Å². The summed E-state index contributed by atoms with van der Waals surface area (Å²) in [6.45, 7) is 3.86. The fourth-order valence-corrected chi connectivity index (χ4v) is 1.98. The van der Waals surface area contributed by atoms with Gasteiger partial charge in [0.05, 0.1) is 11.4 Å². The van der Waals surface area contributed by atoms with Gasteiger partial charge in [-0.1, -0.05) is 6.92 Å². The van der Waals surface area contributed by atoms with Gasteiger partial charge in [0, 0.05) is 6.42 Å². The molecule has 0 aliphatic rings. The van der Waals surface area contributed by atoms with Crippen molar-refractivity contribution in [3.8, 4) is 0 Å². The number of carbonyl (C=O) groups excluding carboxylic acids is 1. The Morgan fingerprint density at radius 3 is 2.89 bits per heavy atom. The van der Waals surface area contributed by atoms with Gasteiger partial charge in [0.1, 0.15) is 10.4 Å². The van der Waals surface area contributed by atoms with Crippen LogP contribution in [0.1, 0.15) is 35.5 Å². The van der Waals surface area contributed by atoms with Crippen LogP contribution in [0, 0.1) is 6.92 Å². The molecule has 2 N–H and O–H groups in total. The second kappa shape index (κ2) is 5.92. The molecule has 0 spiro atoms. The van der Waals surface area contributed by atoms with E-state index in [9.17, 15) is 4.79 Å². The van der Waals surface area contributed by atoms with Crippen LogP contribution in [0.5, 0.6) is 0 Å². The standard InChI is InChI=1S/C12H14BrN5O/c1-3-4-10-16-11(18-17-10)12(19)15-8-5-6-9(13)14-7(8)2/h5-6H,3-4H2,1-2H3,(H,15,19)(H,16,17,18). The van der Waals surface area contributed by atoms with Crippen molar-refractivity contribution >= 4 is 27.5 Å². The maximum absolute atomic E-state index is 12.0. The van der Waals surface area contributed by atoms with Crippen LogP contribution in [0.3, 0.4) is 0 Å². The Labute approximate surface area is 119 Å². The molecule has 2 aromatic heterocycles. The van der Waals surface area contributed by atoms with Gasteiger partial charge in [0.2, 0.25) is 5.82 Å². The molecule has 0 radical (unpaired) electrons. The van der Waals surface area contributed by atoms with Gasteiger partial charge in [0.15, 0.2) is 0 Å². The van der Waals surface area contributed by atoms with Crippen molar-refractivity contribution in [3.05, 3.63) is 34.1 Å². The normalized spacial score (nSPS) is 10.5. The average Bonchev–Trinajstić information content (AvgIpc) is 2.82. The van der Waals surface area contributed by atoms with Crippen molar-refractivity contribution in [1.82, 2.24) is 20.2 Å². The molecule has 0 aromatic carbocycles. The van der Waals surface area contributed by atoms with Crippen molar-refractivity contribution in [2.75, 3.05) is 5.32 Å². The van der Waals surface area contributed by atoms with Gasteiger partial charge in [-0.3, -0.25) is 9.89 Å².